The Morgan fingerprint density at radius 1 is 1.38 bits per heavy atom. The Hall–Kier alpha value is -0.340. The maximum atomic E-state index is 11.0. The Balaban J connectivity index is 2.84. The quantitative estimate of drug-likeness (QED) is 0.600. The molecule has 1 nitrogen and oxygen atoms in total. The van der Waals surface area contributed by atoms with Crippen molar-refractivity contribution in [3.8, 4) is 0 Å². The van der Waals surface area contributed by atoms with Gasteiger partial charge in [0.15, 0.2) is 0 Å². The SMILES string of the molecule is O=C(Cl)c1ccccc1CCCBr. The zero-order valence-electron chi connectivity index (χ0n) is 7.09. The predicted octanol–water partition coefficient (Wildman–Crippen LogP) is 3.39. The van der Waals surface area contributed by atoms with Crippen molar-refractivity contribution in [1.82, 2.24) is 0 Å². The highest BCUT2D eigenvalue weighted by atomic mass is 79.9. The van der Waals surface area contributed by atoms with Crippen molar-refractivity contribution in [2.24, 2.45) is 0 Å². The van der Waals surface area contributed by atoms with E-state index < -0.39 is 0 Å². The van der Waals surface area contributed by atoms with Gasteiger partial charge in [0.1, 0.15) is 0 Å². The van der Waals surface area contributed by atoms with E-state index in [1.54, 1.807) is 6.07 Å². The van der Waals surface area contributed by atoms with Crippen LogP contribution in [-0.2, 0) is 6.42 Å². The minimum absolute atomic E-state index is 0.370. The first-order valence-corrected chi connectivity index (χ1v) is 5.59. The average Bonchev–Trinajstić information content (AvgIpc) is 2.15. The molecular weight excluding hydrogens is 251 g/mol. The number of benzene rings is 1. The van der Waals surface area contributed by atoms with Crippen molar-refractivity contribution in [1.29, 1.82) is 0 Å². The van der Waals surface area contributed by atoms with Gasteiger partial charge in [0.25, 0.3) is 5.24 Å². The fraction of sp³-hybridized carbons (Fsp3) is 0.300. The number of carbonyl (C=O) groups is 1. The standard InChI is InChI=1S/C10H10BrClO/c11-7-3-5-8-4-1-2-6-9(8)10(12)13/h1-2,4,6H,3,5,7H2. The summed E-state index contributed by atoms with van der Waals surface area (Å²) in [5.41, 5.74) is 1.66. The summed E-state index contributed by atoms with van der Waals surface area (Å²) in [5, 5.41) is 0.572. The summed E-state index contributed by atoms with van der Waals surface area (Å²) in [6.45, 7) is 0. The lowest BCUT2D eigenvalue weighted by Gasteiger charge is -2.03. The van der Waals surface area contributed by atoms with Gasteiger partial charge in [0, 0.05) is 10.9 Å². The van der Waals surface area contributed by atoms with Gasteiger partial charge in [-0.25, -0.2) is 0 Å². The highest BCUT2D eigenvalue weighted by Crippen LogP contribution is 2.13. The van der Waals surface area contributed by atoms with Crippen LogP contribution in [-0.4, -0.2) is 10.6 Å². The van der Waals surface area contributed by atoms with E-state index in [1.807, 2.05) is 18.2 Å². The Morgan fingerprint density at radius 2 is 2.08 bits per heavy atom. The summed E-state index contributed by atoms with van der Waals surface area (Å²) in [7, 11) is 0. The van der Waals surface area contributed by atoms with Gasteiger partial charge in [0.2, 0.25) is 0 Å². The first kappa shape index (κ1) is 10.7. The molecule has 13 heavy (non-hydrogen) atoms. The molecule has 1 aromatic carbocycles. The van der Waals surface area contributed by atoms with E-state index >= 15 is 0 Å². The Bertz CT molecular complexity index is 299. The first-order chi connectivity index (χ1) is 6.25. The normalized spacial score (nSPS) is 10.0. The van der Waals surface area contributed by atoms with E-state index in [-0.39, 0.29) is 5.24 Å². The van der Waals surface area contributed by atoms with Gasteiger partial charge in [-0.2, -0.15) is 0 Å². The molecule has 0 aliphatic carbocycles. The number of carbonyl (C=O) groups excluding carboxylic acids is 1. The molecule has 0 bridgehead atoms. The largest absolute Gasteiger partial charge is 0.276 e. The fourth-order valence-electron chi connectivity index (χ4n) is 1.19. The van der Waals surface area contributed by atoms with Gasteiger partial charge < -0.3 is 0 Å². The lowest BCUT2D eigenvalue weighted by atomic mass is 10.0. The second-order valence-electron chi connectivity index (χ2n) is 2.72. The van der Waals surface area contributed by atoms with Crippen LogP contribution in [0.5, 0.6) is 0 Å². The fourth-order valence-corrected chi connectivity index (χ4v) is 1.65. The Morgan fingerprint density at radius 3 is 2.69 bits per heavy atom. The van der Waals surface area contributed by atoms with Gasteiger partial charge in [-0.3, -0.25) is 4.79 Å². The van der Waals surface area contributed by atoms with E-state index in [0.29, 0.717) is 5.56 Å². The maximum absolute atomic E-state index is 11.0. The number of halogens is 2. The third kappa shape index (κ3) is 3.12. The van der Waals surface area contributed by atoms with Crippen LogP contribution in [0, 0.1) is 0 Å². The van der Waals surface area contributed by atoms with Crippen LogP contribution in [0.3, 0.4) is 0 Å². The molecule has 0 heterocycles. The molecule has 0 spiro atoms. The summed E-state index contributed by atoms with van der Waals surface area (Å²) < 4.78 is 0. The molecule has 0 radical (unpaired) electrons. The highest BCUT2D eigenvalue weighted by Gasteiger charge is 2.06. The van der Waals surface area contributed by atoms with Crippen LogP contribution >= 0.6 is 27.5 Å². The van der Waals surface area contributed by atoms with E-state index in [4.69, 9.17) is 11.6 Å². The summed E-state index contributed by atoms with van der Waals surface area (Å²) in [4.78, 5) is 11.0. The molecule has 0 saturated carbocycles. The summed E-state index contributed by atoms with van der Waals surface area (Å²) in [6.07, 6.45) is 1.90. The molecule has 3 heteroatoms. The Kier molecular flexibility index (Phi) is 4.46. The molecule has 0 aliphatic heterocycles. The van der Waals surface area contributed by atoms with Crippen molar-refractivity contribution in [3.63, 3.8) is 0 Å². The van der Waals surface area contributed by atoms with Crippen molar-refractivity contribution in [3.05, 3.63) is 35.4 Å². The van der Waals surface area contributed by atoms with Crippen LogP contribution in [0.2, 0.25) is 0 Å². The lowest BCUT2D eigenvalue weighted by Crippen LogP contribution is -1.97. The third-order valence-electron chi connectivity index (χ3n) is 1.81. The van der Waals surface area contributed by atoms with Crippen LogP contribution < -0.4 is 0 Å². The van der Waals surface area contributed by atoms with Gasteiger partial charge in [-0.05, 0) is 36.1 Å². The van der Waals surface area contributed by atoms with Crippen LogP contribution in [0.1, 0.15) is 22.3 Å². The molecule has 0 saturated heterocycles. The number of rotatable bonds is 4. The molecule has 0 aliphatic rings. The van der Waals surface area contributed by atoms with Gasteiger partial charge in [-0.1, -0.05) is 34.1 Å². The predicted molar refractivity (Wildman–Crippen MR) is 58.7 cm³/mol. The number of alkyl halides is 1. The zero-order chi connectivity index (χ0) is 9.68. The number of hydrogen-bond donors (Lipinski definition) is 0. The molecule has 1 rings (SSSR count). The topological polar surface area (TPSA) is 17.1 Å². The van der Waals surface area contributed by atoms with Gasteiger partial charge >= 0.3 is 0 Å². The van der Waals surface area contributed by atoms with Crippen LogP contribution in [0.4, 0.5) is 0 Å². The van der Waals surface area contributed by atoms with Crippen molar-refractivity contribution < 1.29 is 4.79 Å². The lowest BCUT2D eigenvalue weighted by molar-refractivity contribution is 0.108. The molecule has 0 fully saturated rings. The molecule has 0 amide bonds. The first-order valence-electron chi connectivity index (χ1n) is 4.09. The number of hydrogen-bond acceptors (Lipinski definition) is 1. The minimum atomic E-state index is -0.370. The van der Waals surface area contributed by atoms with Gasteiger partial charge in [0.05, 0.1) is 0 Å². The van der Waals surface area contributed by atoms with E-state index in [0.717, 1.165) is 23.7 Å². The van der Waals surface area contributed by atoms with Crippen molar-refractivity contribution in [2.45, 2.75) is 12.8 Å². The maximum Gasteiger partial charge on any atom is 0.252 e. The highest BCUT2D eigenvalue weighted by molar-refractivity contribution is 9.09. The van der Waals surface area contributed by atoms with Gasteiger partial charge in [-0.15, -0.1) is 0 Å². The summed E-state index contributed by atoms with van der Waals surface area (Å²) in [6, 6.07) is 7.46. The van der Waals surface area contributed by atoms with Crippen molar-refractivity contribution >= 4 is 32.8 Å². The van der Waals surface area contributed by atoms with Crippen LogP contribution in [0.15, 0.2) is 24.3 Å². The second-order valence-corrected chi connectivity index (χ2v) is 3.86. The molecule has 0 aromatic heterocycles. The summed E-state index contributed by atoms with van der Waals surface area (Å²) >= 11 is 8.79. The summed E-state index contributed by atoms with van der Waals surface area (Å²) in [5.74, 6) is 0. The smallest absolute Gasteiger partial charge is 0.252 e. The number of aryl methyl sites for hydroxylation is 1. The van der Waals surface area contributed by atoms with Crippen molar-refractivity contribution in [2.75, 3.05) is 5.33 Å². The molecule has 0 atom stereocenters. The Labute approximate surface area is 91.2 Å². The third-order valence-corrected chi connectivity index (χ3v) is 2.57. The average molecular weight is 262 g/mol. The second kappa shape index (κ2) is 5.40. The van der Waals surface area contributed by atoms with Crippen LogP contribution in [0.25, 0.3) is 0 Å². The molecule has 70 valence electrons. The molecular formula is C10H10BrClO. The van der Waals surface area contributed by atoms with E-state index in [2.05, 4.69) is 15.9 Å². The molecule has 0 unspecified atom stereocenters. The van der Waals surface area contributed by atoms with E-state index in [9.17, 15) is 4.79 Å². The molecule has 0 N–H and O–H groups in total. The van der Waals surface area contributed by atoms with E-state index in [1.165, 1.54) is 0 Å². The monoisotopic (exact) mass is 260 g/mol. The zero-order valence-corrected chi connectivity index (χ0v) is 9.44. The molecule has 1 aromatic rings. The minimum Gasteiger partial charge on any atom is -0.276 e.